The third kappa shape index (κ3) is 3.60. The zero-order chi connectivity index (χ0) is 21.1. The molecule has 1 N–H and O–H groups in total. The first-order chi connectivity index (χ1) is 14.5. The Morgan fingerprint density at radius 2 is 1.30 bits per heavy atom. The van der Waals surface area contributed by atoms with Crippen molar-refractivity contribution in [2.45, 2.75) is 18.5 Å². The van der Waals surface area contributed by atoms with Gasteiger partial charge < -0.3 is 5.32 Å². The van der Waals surface area contributed by atoms with E-state index in [2.05, 4.69) is 29.6 Å². The van der Waals surface area contributed by atoms with Crippen LogP contribution in [-0.2, 0) is 10.3 Å². The Kier molecular flexibility index (Phi) is 5.38. The van der Waals surface area contributed by atoms with Gasteiger partial charge in [0.2, 0.25) is 0 Å². The number of hydrogen-bond donors (Lipinski definition) is 1. The van der Waals surface area contributed by atoms with Crippen LogP contribution in [0, 0.1) is 0 Å². The molecule has 1 aliphatic heterocycles. The minimum atomic E-state index is -1.06. The number of amides is 3. The molecule has 3 amide bonds. The molecule has 1 unspecified atom stereocenters. The second-order valence-electron chi connectivity index (χ2n) is 7.78. The molecular weight excluding hydrogens is 374 g/mol. The smallest absolute Gasteiger partial charge is 0.319 e. The standard InChI is InChI=1S/C25H25N3O2/c1-25(21-16-10-5-11-17-21)23(29)28(24(30)26-25)18-27(2)22(19-12-6-3-7-13-19)20-14-8-4-9-15-20/h3-17,22H,18H2,1-2H3,(H,26,30). The Morgan fingerprint density at radius 1 is 0.833 bits per heavy atom. The van der Waals surface area contributed by atoms with E-state index in [4.69, 9.17) is 0 Å². The van der Waals surface area contributed by atoms with Gasteiger partial charge in [0.25, 0.3) is 5.91 Å². The summed E-state index contributed by atoms with van der Waals surface area (Å²) in [6.45, 7) is 1.94. The molecule has 3 aromatic rings. The largest absolute Gasteiger partial charge is 0.326 e. The highest BCUT2D eigenvalue weighted by Gasteiger charge is 2.49. The van der Waals surface area contributed by atoms with Crippen molar-refractivity contribution in [3.63, 3.8) is 0 Å². The number of hydrogen-bond acceptors (Lipinski definition) is 3. The van der Waals surface area contributed by atoms with Gasteiger partial charge in [-0.3, -0.25) is 9.69 Å². The van der Waals surface area contributed by atoms with E-state index in [9.17, 15) is 9.59 Å². The van der Waals surface area contributed by atoms with Gasteiger partial charge in [-0.05, 0) is 30.7 Å². The number of nitrogens with one attached hydrogen (secondary N) is 1. The Morgan fingerprint density at radius 3 is 1.80 bits per heavy atom. The van der Waals surface area contributed by atoms with E-state index in [0.29, 0.717) is 0 Å². The maximum absolute atomic E-state index is 13.3. The molecule has 0 spiro atoms. The van der Waals surface area contributed by atoms with E-state index in [1.807, 2.05) is 78.7 Å². The molecule has 0 bridgehead atoms. The Labute approximate surface area is 176 Å². The quantitative estimate of drug-likeness (QED) is 0.634. The maximum Gasteiger partial charge on any atom is 0.326 e. The number of urea groups is 1. The van der Waals surface area contributed by atoms with Crippen molar-refractivity contribution in [1.82, 2.24) is 15.1 Å². The van der Waals surface area contributed by atoms with Crippen molar-refractivity contribution in [2.75, 3.05) is 13.7 Å². The fourth-order valence-corrected chi connectivity index (χ4v) is 4.07. The summed E-state index contributed by atoms with van der Waals surface area (Å²) in [5.74, 6) is -0.245. The monoisotopic (exact) mass is 399 g/mol. The molecule has 0 aromatic heterocycles. The molecule has 1 saturated heterocycles. The van der Waals surface area contributed by atoms with Crippen molar-refractivity contribution in [3.8, 4) is 0 Å². The minimum Gasteiger partial charge on any atom is -0.319 e. The SMILES string of the molecule is CN(CN1C(=O)NC(C)(c2ccccc2)C1=O)C(c1ccccc1)c1ccccc1. The van der Waals surface area contributed by atoms with Crippen LogP contribution in [-0.4, -0.2) is 35.5 Å². The molecule has 5 heteroatoms. The fraction of sp³-hybridized carbons (Fsp3) is 0.200. The number of benzene rings is 3. The third-order valence-electron chi connectivity index (χ3n) is 5.66. The van der Waals surface area contributed by atoms with Gasteiger partial charge in [0.1, 0.15) is 5.54 Å². The zero-order valence-corrected chi connectivity index (χ0v) is 17.2. The van der Waals surface area contributed by atoms with E-state index in [-0.39, 0.29) is 24.6 Å². The van der Waals surface area contributed by atoms with E-state index in [1.54, 1.807) is 6.92 Å². The molecule has 152 valence electrons. The van der Waals surface area contributed by atoms with Gasteiger partial charge in [-0.25, -0.2) is 9.69 Å². The molecule has 1 heterocycles. The average molecular weight is 399 g/mol. The van der Waals surface area contributed by atoms with Gasteiger partial charge in [0.05, 0.1) is 12.7 Å². The highest BCUT2D eigenvalue weighted by atomic mass is 16.2. The van der Waals surface area contributed by atoms with Crippen LogP contribution in [0.1, 0.15) is 29.7 Å². The van der Waals surface area contributed by atoms with Crippen LogP contribution in [0.3, 0.4) is 0 Å². The second-order valence-corrected chi connectivity index (χ2v) is 7.78. The molecule has 4 rings (SSSR count). The number of carbonyl (C=O) groups excluding carboxylic acids is 2. The summed E-state index contributed by atoms with van der Waals surface area (Å²) in [5, 5.41) is 2.88. The number of nitrogens with zero attached hydrogens (tertiary/aromatic N) is 2. The van der Waals surface area contributed by atoms with Crippen molar-refractivity contribution in [2.24, 2.45) is 0 Å². The molecule has 1 atom stereocenters. The second kappa shape index (κ2) is 8.13. The normalized spacial score (nSPS) is 18.9. The summed E-state index contributed by atoms with van der Waals surface area (Å²) in [4.78, 5) is 29.4. The lowest BCUT2D eigenvalue weighted by molar-refractivity contribution is -0.132. The van der Waals surface area contributed by atoms with Crippen molar-refractivity contribution < 1.29 is 9.59 Å². The topological polar surface area (TPSA) is 52.6 Å². The molecule has 3 aromatic carbocycles. The van der Waals surface area contributed by atoms with E-state index >= 15 is 0 Å². The van der Waals surface area contributed by atoms with Crippen LogP contribution in [0.2, 0.25) is 0 Å². The van der Waals surface area contributed by atoms with Crippen LogP contribution in [0.25, 0.3) is 0 Å². The summed E-state index contributed by atoms with van der Waals surface area (Å²) in [7, 11) is 1.93. The summed E-state index contributed by atoms with van der Waals surface area (Å²) in [5.41, 5.74) is 1.91. The average Bonchev–Trinajstić information content (AvgIpc) is 3.00. The highest BCUT2D eigenvalue weighted by molar-refractivity contribution is 6.07. The molecule has 1 fully saturated rings. The van der Waals surface area contributed by atoms with Crippen molar-refractivity contribution in [1.29, 1.82) is 0 Å². The highest BCUT2D eigenvalue weighted by Crippen LogP contribution is 2.31. The fourth-order valence-electron chi connectivity index (χ4n) is 4.07. The lowest BCUT2D eigenvalue weighted by Crippen LogP contribution is -2.43. The van der Waals surface area contributed by atoms with Gasteiger partial charge >= 0.3 is 6.03 Å². The number of imide groups is 1. The summed E-state index contributed by atoms with van der Waals surface area (Å²) < 4.78 is 0. The summed E-state index contributed by atoms with van der Waals surface area (Å²) in [6.07, 6.45) is 0. The van der Waals surface area contributed by atoms with E-state index < -0.39 is 5.54 Å². The first-order valence-electron chi connectivity index (χ1n) is 10.0. The van der Waals surface area contributed by atoms with Crippen molar-refractivity contribution >= 4 is 11.9 Å². The van der Waals surface area contributed by atoms with E-state index in [1.165, 1.54) is 4.90 Å². The zero-order valence-electron chi connectivity index (χ0n) is 17.2. The predicted octanol–water partition coefficient (Wildman–Crippen LogP) is 4.13. The third-order valence-corrected chi connectivity index (χ3v) is 5.66. The van der Waals surface area contributed by atoms with Crippen molar-refractivity contribution in [3.05, 3.63) is 108 Å². The lowest BCUT2D eigenvalue weighted by Gasteiger charge is -2.31. The summed E-state index contributed by atoms with van der Waals surface area (Å²) >= 11 is 0. The van der Waals surface area contributed by atoms with Crippen LogP contribution in [0.4, 0.5) is 4.79 Å². The first kappa shape index (κ1) is 19.9. The van der Waals surface area contributed by atoms with Crippen LogP contribution in [0.5, 0.6) is 0 Å². The van der Waals surface area contributed by atoms with Gasteiger partial charge in [-0.15, -0.1) is 0 Å². The maximum atomic E-state index is 13.3. The number of carbonyl (C=O) groups is 2. The van der Waals surface area contributed by atoms with Gasteiger partial charge in [-0.2, -0.15) is 0 Å². The molecule has 5 nitrogen and oxygen atoms in total. The Bertz CT molecular complexity index is 985. The van der Waals surface area contributed by atoms with E-state index in [0.717, 1.165) is 16.7 Å². The number of rotatable bonds is 6. The van der Waals surface area contributed by atoms with Crippen LogP contribution >= 0.6 is 0 Å². The van der Waals surface area contributed by atoms with Gasteiger partial charge in [0.15, 0.2) is 0 Å². The van der Waals surface area contributed by atoms with Gasteiger partial charge in [0, 0.05) is 0 Å². The van der Waals surface area contributed by atoms with Crippen LogP contribution in [0.15, 0.2) is 91.0 Å². The minimum absolute atomic E-state index is 0.0865. The molecule has 0 aliphatic carbocycles. The van der Waals surface area contributed by atoms with Crippen LogP contribution < -0.4 is 5.32 Å². The predicted molar refractivity (Wildman–Crippen MR) is 117 cm³/mol. The molecule has 0 saturated carbocycles. The molecule has 1 aliphatic rings. The Hall–Kier alpha value is -3.44. The summed E-state index contributed by atoms with van der Waals surface area (Å²) in [6, 6.07) is 29.1. The first-order valence-corrected chi connectivity index (χ1v) is 10.0. The van der Waals surface area contributed by atoms with Gasteiger partial charge in [-0.1, -0.05) is 91.0 Å². The molecule has 0 radical (unpaired) electrons. The molecular formula is C25H25N3O2. The Balaban J connectivity index is 1.62. The lowest BCUT2D eigenvalue weighted by atomic mass is 9.92. The molecule has 30 heavy (non-hydrogen) atoms.